The molecule has 0 unspecified atom stereocenters. The third-order valence-corrected chi connectivity index (χ3v) is 1.69. The van der Waals surface area contributed by atoms with E-state index in [-0.39, 0.29) is 5.84 Å². The normalized spacial score (nSPS) is 21.1. The maximum absolute atomic E-state index is 10.5. The lowest BCUT2D eigenvalue weighted by Crippen LogP contribution is -2.43. The second-order valence-electron chi connectivity index (χ2n) is 3.12. The second-order valence-corrected chi connectivity index (χ2v) is 3.12. The number of rotatable bonds is 5. The van der Waals surface area contributed by atoms with E-state index in [9.17, 15) is 15.0 Å². The molecule has 0 aromatic carbocycles. The Morgan fingerprint density at radius 1 is 1.36 bits per heavy atom. The lowest BCUT2D eigenvalue weighted by molar-refractivity contribution is -0.115. The van der Waals surface area contributed by atoms with Gasteiger partial charge in [-0.25, -0.2) is 0 Å². The summed E-state index contributed by atoms with van der Waals surface area (Å²) in [6.45, 7) is 2.76. The van der Waals surface area contributed by atoms with Crippen molar-refractivity contribution in [2.45, 2.75) is 38.2 Å². The zero-order chi connectivity index (χ0) is 11.3. The number of aldehydes is 1. The summed E-state index contributed by atoms with van der Waals surface area (Å²) in [5.41, 5.74) is 5.22. The van der Waals surface area contributed by atoms with Crippen LogP contribution >= 0.6 is 0 Å². The number of hydrogen-bond donors (Lipinski definition) is 4. The van der Waals surface area contributed by atoms with E-state index in [4.69, 9.17) is 10.8 Å². The number of carbonyl (C=O) groups is 1. The number of hydrogen-bond acceptors (Lipinski definition) is 5. The van der Waals surface area contributed by atoms with Gasteiger partial charge >= 0.3 is 0 Å². The average molecular weight is 204 g/mol. The van der Waals surface area contributed by atoms with Gasteiger partial charge in [-0.3, -0.25) is 4.99 Å². The molecule has 0 spiro atoms. The zero-order valence-corrected chi connectivity index (χ0v) is 8.16. The molecule has 0 aliphatic heterocycles. The molecule has 0 aliphatic carbocycles. The first-order valence-corrected chi connectivity index (χ1v) is 4.19. The van der Waals surface area contributed by atoms with Gasteiger partial charge in [-0.15, -0.1) is 0 Å². The summed E-state index contributed by atoms with van der Waals surface area (Å²) < 4.78 is 0. The first kappa shape index (κ1) is 13.0. The number of aliphatic hydroxyl groups excluding tert-OH is 3. The molecule has 0 radical (unpaired) electrons. The second kappa shape index (κ2) is 5.69. The summed E-state index contributed by atoms with van der Waals surface area (Å²) in [5.74, 6) is 0.124. The summed E-state index contributed by atoms with van der Waals surface area (Å²) in [7, 11) is 0. The Labute approximate surface area is 82.1 Å². The fourth-order valence-electron chi connectivity index (χ4n) is 0.910. The van der Waals surface area contributed by atoms with Gasteiger partial charge in [0, 0.05) is 0 Å². The average Bonchev–Trinajstić information content (AvgIpc) is 2.11. The van der Waals surface area contributed by atoms with Crippen LogP contribution in [0.1, 0.15) is 13.8 Å². The SMILES string of the molecule is CC(N)=N[C@H](C=O)[C@H](O)[C@H](O)[C@H](C)O. The Balaban J connectivity index is 4.53. The fraction of sp³-hybridized carbons (Fsp3) is 0.750. The molecular weight excluding hydrogens is 188 g/mol. The number of nitrogens with zero attached hydrogens (tertiary/aromatic N) is 1. The molecule has 0 saturated carbocycles. The van der Waals surface area contributed by atoms with Crippen molar-refractivity contribution in [1.82, 2.24) is 0 Å². The van der Waals surface area contributed by atoms with Crippen LogP contribution in [0, 0.1) is 0 Å². The van der Waals surface area contributed by atoms with E-state index in [1.54, 1.807) is 0 Å². The molecule has 0 heterocycles. The molecule has 6 nitrogen and oxygen atoms in total. The Kier molecular flexibility index (Phi) is 5.29. The molecule has 0 aromatic heterocycles. The van der Waals surface area contributed by atoms with Gasteiger partial charge in [0.2, 0.25) is 0 Å². The van der Waals surface area contributed by atoms with Crippen molar-refractivity contribution in [2.75, 3.05) is 0 Å². The molecule has 0 fully saturated rings. The molecule has 0 saturated heterocycles. The molecule has 4 atom stereocenters. The van der Waals surface area contributed by atoms with Gasteiger partial charge in [-0.1, -0.05) is 0 Å². The summed E-state index contributed by atoms with van der Waals surface area (Å²) in [6, 6.07) is -1.15. The fourth-order valence-corrected chi connectivity index (χ4v) is 0.910. The number of amidine groups is 1. The van der Waals surface area contributed by atoms with E-state index in [0.29, 0.717) is 6.29 Å². The first-order chi connectivity index (χ1) is 6.40. The van der Waals surface area contributed by atoms with E-state index in [2.05, 4.69) is 4.99 Å². The quantitative estimate of drug-likeness (QED) is 0.235. The highest BCUT2D eigenvalue weighted by atomic mass is 16.4. The van der Waals surface area contributed by atoms with E-state index in [0.717, 1.165) is 0 Å². The molecule has 0 rings (SSSR count). The minimum Gasteiger partial charge on any atom is -0.391 e. The molecule has 0 amide bonds. The first-order valence-electron chi connectivity index (χ1n) is 4.19. The molecule has 0 aliphatic rings. The van der Waals surface area contributed by atoms with Crippen molar-refractivity contribution in [2.24, 2.45) is 10.7 Å². The van der Waals surface area contributed by atoms with E-state index >= 15 is 0 Å². The number of carbonyl (C=O) groups excluding carboxylic acids is 1. The van der Waals surface area contributed by atoms with E-state index in [1.165, 1.54) is 13.8 Å². The largest absolute Gasteiger partial charge is 0.391 e. The highest BCUT2D eigenvalue weighted by molar-refractivity contribution is 5.79. The third kappa shape index (κ3) is 3.82. The predicted octanol–water partition coefficient (Wildman–Crippen LogP) is -1.97. The highest BCUT2D eigenvalue weighted by Gasteiger charge is 2.28. The molecule has 5 N–H and O–H groups in total. The van der Waals surface area contributed by atoms with E-state index < -0.39 is 24.4 Å². The van der Waals surface area contributed by atoms with Gasteiger partial charge < -0.3 is 25.8 Å². The van der Waals surface area contributed by atoms with Crippen LogP contribution in [0.25, 0.3) is 0 Å². The van der Waals surface area contributed by atoms with Crippen LogP contribution in [-0.2, 0) is 4.79 Å². The minimum atomic E-state index is -1.45. The Bertz CT molecular complexity index is 213. The molecule has 0 bridgehead atoms. The number of aliphatic hydroxyl groups is 3. The van der Waals surface area contributed by atoms with Crippen LogP contribution in [0.5, 0.6) is 0 Å². The Morgan fingerprint density at radius 3 is 2.14 bits per heavy atom. The van der Waals surface area contributed by atoms with Gasteiger partial charge in [0.15, 0.2) is 0 Å². The summed E-state index contributed by atoms with van der Waals surface area (Å²) in [5, 5.41) is 27.6. The topological polar surface area (TPSA) is 116 Å². The number of aliphatic imine (C=N–C) groups is 1. The van der Waals surface area contributed by atoms with Crippen molar-refractivity contribution in [1.29, 1.82) is 0 Å². The lowest BCUT2D eigenvalue weighted by Gasteiger charge is -2.22. The molecule has 6 heteroatoms. The van der Waals surface area contributed by atoms with Gasteiger partial charge in [-0.2, -0.15) is 0 Å². The minimum absolute atomic E-state index is 0.124. The molecule has 0 aromatic rings. The monoisotopic (exact) mass is 204 g/mol. The smallest absolute Gasteiger partial charge is 0.147 e. The van der Waals surface area contributed by atoms with Crippen molar-refractivity contribution < 1.29 is 20.1 Å². The van der Waals surface area contributed by atoms with Crippen LogP contribution < -0.4 is 5.73 Å². The zero-order valence-electron chi connectivity index (χ0n) is 8.16. The maximum Gasteiger partial charge on any atom is 0.147 e. The Morgan fingerprint density at radius 2 is 1.86 bits per heavy atom. The van der Waals surface area contributed by atoms with Gasteiger partial charge in [0.1, 0.15) is 24.5 Å². The van der Waals surface area contributed by atoms with Crippen molar-refractivity contribution in [3.05, 3.63) is 0 Å². The number of nitrogens with two attached hydrogens (primary N) is 1. The van der Waals surface area contributed by atoms with Crippen LogP contribution in [-0.4, -0.2) is 51.8 Å². The summed E-state index contributed by atoms with van der Waals surface area (Å²) in [4.78, 5) is 14.1. The van der Waals surface area contributed by atoms with Crippen LogP contribution in [0.4, 0.5) is 0 Å². The van der Waals surface area contributed by atoms with Crippen LogP contribution in [0.2, 0.25) is 0 Å². The van der Waals surface area contributed by atoms with Crippen LogP contribution in [0.15, 0.2) is 4.99 Å². The summed E-state index contributed by atoms with van der Waals surface area (Å²) in [6.07, 6.45) is -3.65. The van der Waals surface area contributed by atoms with E-state index in [1.807, 2.05) is 0 Å². The van der Waals surface area contributed by atoms with Gasteiger partial charge in [0.05, 0.1) is 11.9 Å². The standard InChI is InChI=1S/C8H16N2O4/c1-4(12)7(13)8(14)6(3-11)10-5(2)9/h3-4,6-8,12-14H,1-2H3,(H2,9,10)/t4-,6+,7+,8-/m0/s1. The Hall–Kier alpha value is -0.980. The third-order valence-electron chi connectivity index (χ3n) is 1.69. The highest BCUT2D eigenvalue weighted by Crippen LogP contribution is 2.06. The molecule has 14 heavy (non-hydrogen) atoms. The van der Waals surface area contributed by atoms with Crippen LogP contribution in [0.3, 0.4) is 0 Å². The van der Waals surface area contributed by atoms with Crippen molar-refractivity contribution >= 4 is 12.1 Å². The van der Waals surface area contributed by atoms with Gasteiger partial charge in [-0.05, 0) is 13.8 Å². The van der Waals surface area contributed by atoms with Crippen molar-refractivity contribution in [3.63, 3.8) is 0 Å². The maximum atomic E-state index is 10.5. The van der Waals surface area contributed by atoms with Gasteiger partial charge in [0.25, 0.3) is 0 Å². The molecule has 82 valence electrons. The summed E-state index contributed by atoms with van der Waals surface area (Å²) >= 11 is 0. The molecular formula is C8H16N2O4. The van der Waals surface area contributed by atoms with Crippen molar-refractivity contribution in [3.8, 4) is 0 Å². The predicted molar refractivity (Wildman–Crippen MR) is 50.8 cm³/mol. The lowest BCUT2D eigenvalue weighted by atomic mass is 10.0.